The quantitative estimate of drug-likeness (QED) is 0.531. The molecular formula is C27H44O3. The summed E-state index contributed by atoms with van der Waals surface area (Å²) in [5.41, 5.74) is 3.36. The van der Waals surface area contributed by atoms with E-state index in [4.69, 9.17) is 0 Å². The van der Waals surface area contributed by atoms with Crippen LogP contribution in [0.5, 0.6) is 0 Å². The largest absolute Gasteiger partial charge is 0.390 e. The zero-order valence-corrected chi connectivity index (χ0v) is 19.6. The highest BCUT2D eigenvalue weighted by atomic mass is 16.4. The van der Waals surface area contributed by atoms with Crippen molar-refractivity contribution < 1.29 is 15.3 Å². The number of hydrogen-bond acceptors (Lipinski definition) is 3. The summed E-state index contributed by atoms with van der Waals surface area (Å²) < 4.78 is 0. The lowest BCUT2D eigenvalue weighted by atomic mass is 9.60. The lowest BCUT2D eigenvalue weighted by Gasteiger charge is -2.44. The second-order valence-electron chi connectivity index (χ2n) is 11.1. The molecule has 3 N–H and O–H groups in total. The fraction of sp³-hybridized carbons (Fsp3) is 0.778. The summed E-state index contributed by atoms with van der Waals surface area (Å²) in [6.45, 7) is 13.6. The minimum Gasteiger partial charge on any atom is -0.390 e. The molecule has 3 saturated carbocycles. The number of rotatable bonds is 6. The van der Waals surface area contributed by atoms with Gasteiger partial charge in [-0.1, -0.05) is 71.3 Å². The van der Waals surface area contributed by atoms with E-state index in [0.717, 1.165) is 29.7 Å². The van der Waals surface area contributed by atoms with Gasteiger partial charge in [0.05, 0.1) is 6.10 Å². The molecule has 3 fully saturated rings. The summed E-state index contributed by atoms with van der Waals surface area (Å²) in [5, 5.41) is 30.1. The van der Waals surface area contributed by atoms with Gasteiger partial charge in [0.2, 0.25) is 0 Å². The van der Waals surface area contributed by atoms with E-state index in [-0.39, 0.29) is 0 Å². The molecule has 2 unspecified atom stereocenters. The molecule has 0 spiro atoms. The molecule has 0 amide bonds. The molecule has 3 rings (SSSR count). The van der Waals surface area contributed by atoms with Crippen LogP contribution in [0.25, 0.3) is 0 Å². The molecule has 3 aliphatic rings. The molecule has 0 bridgehead atoms. The minimum absolute atomic E-state index is 0.359. The second kappa shape index (κ2) is 9.71. The van der Waals surface area contributed by atoms with Crippen LogP contribution < -0.4 is 0 Å². The summed E-state index contributed by atoms with van der Waals surface area (Å²) in [6, 6.07) is 0. The van der Waals surface area contributed by atoms with Crippen molar-refractivity contribution in [1.82, 2.24) is 0 Å². The Kier molecular flexibility index (Phi) is 7.69. The monoisotopic (exact) mass is 416 g/mol. The van der Waals surface area contributed by atoms with Crippen LogP contribution in [-0.4, -0.2) is 33.6 Å². The Morgan fingerprint density at radius 1 is 1.10 bits per heavy atom. The third-order valence-electron chi connectivity index (χ3n) is 8.58. The standard InChI is InChI=1S/C27H44O3/c1-17(2)8-6-9-18(3)22-13-14-23-20(10-7-15-27(22,23)5)11-12-21-16-24(28)26(30)25(29)19(21)4/h11-12,17-18,22-26,28-30H,4,6-10,13-16H2,1-3,5H3/b20-11+,21-12-/t18-,22?,23?,24-,25-,26-,27-/m1/s1. The van der Waals surface area contributed by atoms with Crippen molar-refractivity contribution in [1.29, 1.82) is 0 Å². The Bertz CT molecular complexity index is 676. The SMILES string of the molecule is C=C1/C(=C\C=C2/CCC[C@@]3(C)C2CCC3[C@H](C)CCCC(C)C)C[C@@H](O)[C@@H](O)[C@@H]1O. The van der Waals surface area contributed by atoms with Crippen LogP contribution in [-0.2, 0) is 0 Å². The maximum absolute atomic E-state index is 10.1. The predicted octanol–water partition coefficient (Wildman–Crippen LogP) is 5.56. The number of aliphatic hydroxyl groups excluding tert-OH is 3. The van der Waals surface area contributed by atoms with Gasteiger partial charge in [0.1, 0.15) is 12.2 Å². The fourth-order valence-electron chi connectivity index (χ4n) is 6.73. The average Bonchev–Trinajstić information content (AvgIpc) is 3.05. The van der Waals surface area contributed by atoms with Gasteiger partial charge < -0.3 is 15.3 Å². The van der Waals surface area contributed by atoms with E-state index in [0.29, 0.717) is 23.3 Å². The van der Waals surface area contributed by atoms with Crippen LogP contribution in [0.4, 0.5) is 0 Å². The first kappa shape index (κ1) is 23.8. The molecule has 0 aromatic carbocycles. The Hall–Kier alpha value is -0.900. The highest BCUT2D eigenvalue weighted by Crippen LogP contribution is 2.59. The number of aliphatic hydroxyl groups is 3. The van der Waals surface area contributed by atoms with Gasteiger partial charge in [0.25, 0.3) is 0 Å². The molecule has 0 radical (unpaired) electrons. The Balaban J connectivity index is 1.72. The molecule has 7 atom stereocenters. The van der Waals surface area contributed by atoms with Crippen molar-refractivity contribution in [3.63, 3.8) is 0 Å². The molecule has 30 heavy (non-hydrogen) atoms. The Morgan fingerprint density at radius 3 is 2.53 bits per heavy atom. The van der Waals surface area contributed by atoms with Gasteiger partial charge in [-0.15, -0.1) is 0 Å². The van der Waals surface area contributed by atoms with Crippen molar-refractivity contribution in [2.45, 2.75) is 104 Å². The van der Waals surface area contributed by atoms with Gasteiger partial charge in [-0.05, 0) is 72.3 Å². The molecule has 0 saturated heterocycles. The summed E-state index contributed by atoms with van der Waals surface area (Å²) in [4.78, 5) is 0. The van der Waals surface area contributed by atoms with E-state index < -0.39 is 18.3 Å². The van der Waals surface area contributed by atoms with Gasteiger partial charge in [-0.3, -0.25) is 0 Å². The van der Waals surface area contributed by atoms with Crippen molar-refractivity contribution in [2.75, 3.05) is 0 Å². The first-order valence-electron chi connectivity index (χ1n) is 12.3. The van der Waals surface area contributed by atoms with E-state index in [1.54, 1.807) is 0 Å². The maximum Gasteiger partial charge on any atom is 0.110 e. The molecule has 3 heteroatoms. The topological polar surface area (TPSA) is 60.7 Å². The molecule has 3 nitrogen and oxygen atoms in total. The molecule has 0 aromatic rings. The van der Waals surface area contributed by atoms with Crippen molar-refractivity contribution in [3.8, 4) is 0 Å². The summed E-state index contributed by atoms with van der Waals surface area (Å²) in [6.07, 6.45) is 12.0. The van der Waals surface area contributed by atoms with Crippen LogP contribution in [0, 0.1) is 29.1 Å². The number of fused-ring (bicyclic) bond motifs is 1. The van der Waals surface area contributed by atoms with Gasteiger partial charge in [-0.2, -0.15) is 0 Å². The predicted molar refractivity (Wildman–Crippen MR) is 124 cm³/mol. The van der Waals surface area contributed by atoms with Crippen molar-refractivity contribution >= 4 is 0 Å². The minimum atomic E-state index is -1.13. The van der Waals surface area contributed by atoms with E-state index >= 15 is 0 Å². The first-order chi connectivity index (χ1) is 14.1. The lowest BCUT2D eigenvalue weighted by Crippen LogP contribution is -2.43. The average molecular weight is 417 g/mol. The summed E-state index contributed by atoms with van der Waals surface area (Å²) in [7, 11) is 0. The van der Waals surface area contributed by atoms with Crippen molar-refractivity contribution in [2.24, 2.45) is 29.1 Å². The number of hydrogen-bond donors (Lipinski definition) is 3. The molecule has 0 aliphatic heterocycles. The van der Waals surface area contributed by atoms with Crippen LogP contribution >= 0.6 is 0 Å². The van der Waals surface area contributed by atoms with Crippen molar-refractivity contribution in [3.05, 3.63) is 35.5 Å². The second-order valence-corrected chi connectivity index (χ2v) is 11.1. The maximum atomic E-state index is 10.1. The fourth-order valence-corrected chi connectivity index (χ4v) is 6.73. The Labute approximate surface area is 184 Å². The zero-order valence-electron chi connectivity index (χ0n) is 19.6. The zero-order chi connectivity index (χ0) is 22.1. The van der Waals surface area contributed by atoms with E-state index in [1.165, 1.54) is 50.5 Å². The highest BCUT2D eigenvalue weighted by Gasteiger charge is 2.50. The summed E-state index contributed by atoms with van der Waals surface area (Å²) >= 11 is 0. The summed E-state index contributed by atoms with van der Waals surface area (Å²) in [5.74, 6) is 3.06. The number of allylic oxidation sites excluding steroid dienone is 3. The molecule has 0 aromatic heterocycles. The Morgan fingerprint density at radius 2 is 1.83 bits per heavy atom. The first-order valence-corrected chi connectivity index (χ1v) is 12.3. The van der Waals surface area contributed by atoms with Gasteiger partial charge in [-0.25, -0.2) is 0 Å². The third-order valence-corrected chi connectivity index (χ3v) is 8.58. The normalized spacial score (nSPS) is 40.9. The van der Waals surface area contributed by atoms with Crippen LogP contribution in [0.1, 0.15) is 85.5 Å². The molecule has 0 heterocycles. The highest BCUT2D eigenvalue weighted by molar-refractivity contribution is 5.40. The van der Waals surface area contributed by atoms with E-state index in [1.807, 2.05) is 0 Å². The smallest absolute Gasteiger partial charge is 0.110 e. The van der Waals surface area contributed by atoms with Crippen LogP contribution in [0.3, 0.4) is 0 Å². The molecular weight excluding hydrogens is 372 g/mol. The van der Waals surface area contributed by atoms with E-state index in [9.17, 15) is 15.3 Å². The third kappa shape index (κ3) is 4.79. The van der Waals surface area contributed by atoms with Crippen LogP contribution in [0.2, 0.25) is 0 Å². The van der Waals surface area contributed by atoms with Gasteiger partial charge >= 0.3 is 0 Å². The lowest BCUT2D eigenvalue weighted by molar-refractivity contribution is -0.0530. The van der Waals surface area contributed by atoms with E-state index in [2.05, 4.69) is 46.4 Å². The molecule has 3 aliphatic carbocycles. The molecule has 170 valence electrons. The van der Waals surface area contributed by atoms with Gasteiger partial charge in [0.15, 0.2) is 0 Å². The van der Waals surface area contributed by atoms with Gasteiger partial charge in [0, 0.05) is 6.42 Å². The van der Waals surface area contributed by atoms with Crippen LogP contribution in [0.15, 0.2) is 35.5 Å².